The molecule has 2 aliphatic carbocycles. The van der Waals surface area contributed by atoms with E-state index < -0.39 is 11.7 Å². The predicted molar refractivity (Wildman–Crippen MR) is 78.6 cm³/mol. The zero-order valence-electron chi connectivity index (χ0n) is 13.4. The molecular weight excluding hydrogens is 268 g/mol. The summed E-state index contributed by atoms with van der Waals surface area (Å²) in [5, 5.41) is 10.8. The van der Waals surface area contributed by atoms with Crippen LogP contribution in [0.25, 0.3) is 0 Å². The summed E-state index contributed by atoms with van der Waals surface area (Å²) in [7, 11) is 0. The van der Waals surface area contributed by atoms with Crippen LogP contribution in [-0.2, 0) is 14.3 Å². The minimum absolute atomic E-state index is 0.151. The first-order valence-corrected chi connectivity index (χ1v) is 7.98. The van der Waals surface area contributed by atoms with Crippen molar-refractivity contribution in [1.29, 1.82) is 0 Å². The van der Waals surface area contributed by atoms with Crippen LogP contribution in [0.3, 0.4) is 0 Å². The highest BCUT2D eigenvalue weighted by atomic mass is 16.5. The molecule has 3 aliphatic rings. The molecule has 4 atom stereocenters. The van der Waals surface area contributed by atoms with Gasteiger partial charge in [-0.15, -0.1) is 0 Å². The number of cyclic esters (lactones) is 1. The zero-order chi connectivity index (χ0) is 15.4. The number of esters is 1. The van der Waals surface area contributed by atoms with E-state index in [-0.39, 0.29) is 29.8 Å². The van der Waals surface area contributed by atoms with Gasteiger partial charge in [-0.1, -0.05) is 13.8 Å². The Kier molecular flexibility index (Phi) is 3.45. The number of aliphatic hydroxyl groups is 1. The van der Waals surface area contributed by atoms with Crippen LogP contribution in [0.1, 0.15) is 47.0 Å². The maximum atomic E-state index is 12.0. The summed E-state index contributed by atoms with van der Waals surface area (Å²) in [6, 6.07) is 0. The minimum Gasteiger partial charge on any atom is -0.458 e. The lowest BCUT2D eigenvalue weighted by Crippen LogP contribution is -2.42. The molecule has 0 aromatic heterocycles. The van der Waals surface area contributed by atoms with Crippen molar-refractivity contribution in [3.8, 4) is 0 Å². The van der Waals surface area contributed by atoms with Crippen LogP contribution in [0.15, 0.2) is 11.1 Å². The van der Waals surface area contributed by atoms with Gasteiger partial charge in [0.05, 0.1) is 11.7 Å². The molecule has 1 saturated carbocycles. The summed E-state index contributed by atoms with van der Waals surface area (Å²) in [6.45, 7) is 9.47. The van der Waals surface area contributed by atoms with Crippen LogP contribution >= 0.6 is 0 Å². The van der Waals surface area contributed by atoms with Crippen molar-refractivity contribution in [2.45, 2.75) is 58.7 Å². The van der Waals surface area contributed by atoms with Crippen molar-refractivity contribution in [3.63, 3.8) is 0 Å². The molecular formula is C17H26O4. The average molecular weight is 294 g/mol. The fourth-order valence-electron chi connectivity index (χ4n) is 4.74. The molecule has 0 saturated heterocycles. The largest absolute Gasteiger partial charge is 0.458 e. The molecule has 4 nitrogen and oxygen atoms in total. The van der Waals surface area contributed by atoms with Crippen LogP contribution in [0.2, 0.25) is 0 Å². The van der Waals surface area contributed by atoms with Gasteiger partial charge >= 0.3 is 5.97 Å². The maximum Gasteiger partial charge on any atom is 0.334 e. The number of carbonyl (C=O) groups excluding carboxylic acids is 1. The Hall–Kier alpha value is -0.870. The van der Waals surface area contributed by atoms with Crippen molar-refractivity contribution < 1.29 is 19.4 Å². The Morgan fingerprint density at radius 2 is 2.05 bits per heavy atom. The van der Waals surface area contributed by atoms with E-state index in [4.69, 9.17) is 9.47 Å². The molecule has 3 rings (SSSR count). The molecule has 118 valence electrons. The summed E-state index contributed by atoms with van der Waals surface area (Å²) < 4.78 is 11.3. The quantitative estimate of drug-likeness (QED) is 0.795. The molecule has 0 bridgehead atoms. The number of hydrogen-bond donors (Lipinski definition) is 1. The second kappa shape index (κ2) is 4.82. The van der Waals surface area contributed by atoms with Gasteiger partial charge in [-0.05, 0) is 43.9 Å². The highest BCUT2D eigenvalue weighted by Gasteiger charge is 2.55. The fourth-order valence-corrected chi connectivity index (χ4v) is 4.74. The van der Waals surface area contributed by atoms with E-state index in [9.17, 15) is 9.90 Å². The molecule has 4 heteroatoms. The predicted octanol–water partition coefficient (Wildman–Crippen LogP) is 2.45. The lowest BCUT2D eigenvalue weighted by Gasteiger charge is -2.38. The minimum atomic E-state index is -0.569. The number of fused-ring (bicyclic) bond motifs is 1. The number of carbonyl (C=O) groups is 1. The molecule has 0 amide bonds. The summed E-state index contributed by atoms with van der Waals surface area (Å²) >= 11 is 0. The molecule has 0 aromatic rings. The van der Waals surface area contributed by atoms with Crippen LogP contribution in [-0.4, -0.2) is 36.0 Å². The van der Waals surface area contributed by atoms with Gasteiger partial charge in [-0.2, -0.15) is 0 Å². The first kappa shape index (κ1) is 15.0. The van der Waals surface area contributed by atoms with E-state index in [1.165, 1.54) is 0 Å². The van der Waals surface area contributed by atoms with E-state index in [0.717, 1.165) is 18.4 Å². The monoisotopic (exact) mass is 294 g/mol. The Morgan fingerprint density at radius 3 is 2.71 bits per heavy atom. The second-order valence-corrected chi connectivity index (χ2v) is 7.79. The topological polar surface area (TPSA) is 55.8 Å². The average Bonchev–Trinajstić information content (AvgIpc) is 2.88. The molecule has 0 spiro atoms. The number of rotatable bonds is 2. The smallest absolute Gasteiger partial charge is 0.334 e. The molecule has 21 heavy (non-hydrogen) atoms. The molecule has 1 fully saturated rings. The Morgan fingerprint density at radius 1 is 1.33 bits per heavy atom. The van der Waals surface area contributed by atoms with Gasteiger partial charge in [0.1, 0.15) is 6.61 Å². The standard InChI is InChI=1S/C17H26O4/c1-5-21-17(4)7-10-12(9-20-15(10)19)14(18)11-6-16(2,3)8-13(11)17/h11,13-14,18H,5-9H2,1-4H3. The highest BCUT2D eigenvalue weighted by Crippen LogP contribution is 2.56. The molecule has 0 radical (unpaired) electrons. The number of ether oxygens (including phenoxy) is 2. The molecule has 4 unspecified atom stereocenters. The van der Waals surface area contributed by atoms with Crippen molar-refractivity contribution in [1.82, 2.24) is 0 Å². The van der Waals surface area contributed by atoms with E-state index in [1.807, 2.05) is 6.92 Å². The third kappa shape index (κ3) is 2.33. The Bertz CT molecular complexity index is 493. The summed E-state index contributed by atoms with van der Waals surface area (Å²) in [6.07, 6.45) is 1.98. The van der Waals surface area contributed by atoms with Crippen LogP contribution in [0, 0.1) is 17.3 Å². The lowest BCUT2D eigenvalue weighted by molar-refractivity contribution is -0.138. The summed E-state index contributed by atoms with van der Waals surface area (Å²) in [4.78, 5) is 12.0. The van der Waals surface area contributed by atoms with Crippen LogP contribution < -0.4 is 0 Å². The number of aliphatic hydroxyl groups excluding tert-OH is 1. The van der Waals surface area contributed by atoms with E-state index >= 15 is 0 Å². The first-order valence-electron chi connectivity index (χ1n) is 7.98. The first-order chi connectivity index (χ1) is 9.77. The van der Waals surface area contributed by atoms with Crippen molar-refractivity contribution in [2.24, 2.45) is 17.3 Å². The van der Waals surface area contributed by atoms with Gasteiger partial charge < -0.3 is 14.6 Å². The highest BCUT2D eigenvalue weighted by molar-refractivity contribution is 5.92. The zero-order valence-corrected chi connectivity index (χ0v) is 13.4. The van der Waals surface area contributed by atoms with Crippen molar-refractivity contribution in [2.75, 3.05) is 13.2 Å². The fraction of sp³-hybridized carbons (Fsp3) is 0.824. The van der Waals surface area contributed by atoms with Gasteiger partial charge in [0.15, 0.2) is 0 Å². The van der Waals surface area contributed by atoms with Gasteiger partial charge in [0.2, 0.25) is 0 Å². The van der Waals surface area contributed by atoms with E-state index in [2.05, 4.69) is 20.8 Å². The third-order valence-electron chi connectivity index (χ3n) is 5.62. The lowest BCUT2D eigenvalue weighted by atomic mass is 9.77. The molecule has 1 aliphatic heterocycles. The van der Waals surface area contributed by atoms with Gasteiger partial charge in [0.25, 0.3) is 0 Å². The summed E-state index contributed by atoms with van der Waals surface area (Å²) in [5.41, 5.74) is 1.27. The van der Waals surface area contributed by atoms with Gasteiger partial charge in [-0.25, -0.2) is 4.79 Å². The molecule has 0 aromatic carbocycles. The molecule has 1 N–H and O–H groups in total. The maximum absolute atomic E-state index is 12.0. The van der Waals surface area contributed by atoms with Crippen molar-refractivity contribution in [3.05, 3.63) is 11.1 Å². The third-order valence-corrected chi connectivity index (χ3v) is 5.62. The van der Waals surface area contributed by atoms with E-state index in [1.54, 1.807) is 0 Å². The molecule has 1 heterocycles. The van der Waals surface area contributed by atoms with Gasteiger partial charge in [0, 0.05) is 24.2 Å². The second-order valence-electron chi connectivity index (χ2n) is 7.79. The Labute approximate surface area is 126 Å². The van der Waals surface area contributed by atoms with Crippen LogP contribution in [0.5, 0.6) is 0 Å². The van der Waals surface area contributed by atoms with Crippen molar-refractivity contribution >= 4 is 5.97 Å². The summed E-state index contributed by atoms with van der Waals surface area (Å²) in [5.74, 6) is 0.161. The van der Waals surface area contributed by atoms with Gasteiger partial charge in [-0.3, -0.25) is 0 Å². The van der Waals surface area contributed by atoms with Crippen LogP contribution in [0.4, 0.5) is 0 Å². The van der Waals surface area contributed by atoms with E-state index in [0.29, 0.717) is 18.6 Å². The normalized spacial score (nSPS) is 41.6. The SMILES string of the molecule is CCOC1(C)CC2=C(COC2=O)C(O)C2CC(C)(C)CC21. The Balaban J connectivity index is 2.04. The number of hydrogen-bond acceptors (Lipinski definition) is 4.